The topological polar surface area (TPSA) is 81.8 Å². The molecule has 0 saturated carbocycles. The summed E-state index contributed by atoms with van der Waals surface area (Å²) in [6.45, 7) is -0.430. The first-order valence-electron chi connectivity index (χ1n) is 8.64. The van der Waals surface area contributed by atoms with Gasteiger partial charge in [-0.2, -0.15) is 5.10 Å². The number of nitrogens with one attached hydrogen (secondary N) is 2. The van der Waals surface area contributed by atoms with Crippen LogP contribution in [0.1, 0.15) is 16.1 Å². The van der Waals surface area contributed by atoms with E-state index >= 15 is 0 Å². The number of hydrogen-bond donors (Lipinski definition) is 2. The minimum Gasteiger partial charge on any atom is -0.332 e. The Balaban J connectivity index is 1.44. The zero-order valence-corrected chi connectivity index (χ0v) is 15.3. The van der Waals surface area contributed by atoms with Gasteiger partial charge >= 0.3 is 5.65 Å². The maximum absolute atomic E-state index is 13.4. The number of thiophene rings is 1. The van der Waals surface area contributed by atoms with Crippen molar-refractivity contribution in [1.29, 1.82) is 0 Å². The molecule has 4 aromatic heterocycles. The van der Waals surface area contributed by atoms with Crippen molar-refractivity contribution in [3.05, 3.63) is 47.3 Å². The third-order valence-electron chi connectivity index (χ3n) is 4.82. The van der Waals surface area contributed by atoms with E-state index in [1.54, 1.807) is 29.2 Å². The second-order valence-corrected chi connectivity index (χ2v) is 7.65. The van der Waals surface area contributed by atoms with E-state index in [-0.39, 0.29) is 18.9 Å². The standard InChI is InChI=1S/C18H14F2N6OS/c19-18(20)1-2-25(10-18)17(27)15-3-11(9-28-15)14-7-24-26-8-13(4-21-16(14)26)12-5-22-23-6-12/h3-9H,1-2,10H2,(H,22,23)/p+1. The van der Waals surface area contributed by atoms with Crippen LogP contribution in [0.3, 0.4) is 0 Å². The van der Waals surface area contributed by atoms with Crippen LogP contribution in [0.2, 0.25) is 0 Å². The third-order valence-corrected chi connectivity index (χ3v) is 5.74. The van der Waals surface area contributed by atoms with Crippen LogP contribution in [0.4, 0.5) is 8.78 Å². The Morgan fingerprint density at radius 1 is 1.25 bits per heavy atom. The first kappa shape index (κ1) is 17.0. The van der Waals surface area contributed by atoms with E-state index in [2.05, 4.69) is 20.3 Å². The predicted molar refractivity (Wildman–Crippen MR) is 98.1 cm³/mol. The van der Waals surface area contributed by atoms with Crippen molar-refractivity contribution in [2.24, 2.45) is 0 Å². The molecule has 0 unspecified atom stereocenters. The maximum atomic E-state index is 13.4. The van der Waals surface area contributed by atoms with E-state index in [0.717, 1.165) is 22.3 Å². The SMILES string of the molecule is O=C(c1cc(-c2c[nH][n+]3cc(-c4cn[nH]c4)cnc23)cs1)N1CCC(F)(F)C1. The molecule has 1 amide bonds. The minimum atomic E-state index is -2.79. The second-order valence-electron chi connectivity index (χ2n) is 6.74. The lowest BCUT2D eigenvalue weighted by Gasteiger charge is -2.14. The summed E-state index contributed by atoms with van der Waals surface area (Å²) in [6.07, 6.45) is 8.68. The van der Waals surface area contributed by atoms with Crippen molar-refractivity contribution in [3.63, 3.8) is 0 Å². The molecular formula is C18H15F2N6OS+. The van der Waals surface area contributed by atoms with Crippen molar-refractivity contribution >= 4 is 22.9 Å². The minimum absolute atomic E-state index is 0.0837. The molecular weight excluding hydrogens is 386 g/mol. The number of aromatic amines is 2. The number of alkyl halides is 2. The number of nitrogens with zero attached hydrogens (tertiary/aromatic N) is 4. The van der Waals surface area contributed by atoms with Gasteiger partial charge in [-0.3, -0.25) is 9.89 Å². The highest BCUT2D eigenvalue weighted by Crippen LogP contribution is 2.31. The van der Waals surface area contributed by atoms with E-state index in [9.17, 15) is 13.6 Å². The van der Waals surface area contributed by atoms with Gasteiger partial charge in [-0.15, -0.1) is 15.9 Å². The van der Waals surface area contributed by atoms with E-state index in [1.165, 1.54) is 16.2 Å². The van der Waals surface area contributed by atoms with Gasteiger partial charge in [0.25, 0.3) is 11.8 Å². The Labute approximate surface area is 161 Å². The summed E-state index contributed by atoms with van der Waals surface area (Å²) in [6, 6.07) is 1.73. The smallest absolute Gasteiger partial charge is 0.332 e. The monoisotopic (exact) mass is 401 g/mol. The van der Waals surface area contributed by atoms with Crippen molar-refractivity contribution in [2.45, 2.75) is 12.3 Å². The van der Waals surface area contributed by atoms with E-state index in [4.69, 9.17) is 0 Å². The number of aromatic nitrogens is 5. The number of likely N-dealkylation sites (tertiary alicyclic amines) is 1. The first-order valence-corrected chi connectivity index (χ1v) is 9.52. The summed E-state index contributed by atoms with van der Waals surface area (Å²) >= 11 is 1.25. The van der Waals surface area contributed by atoms with Gasteiger partial charge in [0.15, 0.2) is 6.20 Å². The van der Waals surface area contributed by atoms with Crippen LogP contribution in [-0.4, -0.2) is 50.1 Å². The van der Waals surface area contributed by atoms with Crippen molar-refractivity contribution < 1.29 is 18.1 Å². The summed E-state index contributed by atoms with van der Waals surface area (Å²) < 4.78 is 28.6. The average molecular weight is 401 g/mol. The summed E-state index contributed by atoms with van der Waals surface area (Å²) in [5.74, 6) is -3.14. The van der Waals surface area contributed by atoms with Gasteiger partial charge < -0.3 is 4.90 Å². The number of carbonyl (C=O) groups excluding carboxylic acids is 1. The zero-order chi connectivity index (χ0) is 19.3. The summed E-state index contributed by atoms with van der Waals surface area (Å²) in [5.41, 5.74) is 4.18. The van der Waals surface area contributed by atoms with Gasteiger partial charge in [0.05, 0.1) is 34.9 Å². The molecule has 28 heavy (non-hydrogen) atoms. The molecule has 0 spiro atoms. The Kier molecular flexibility index (Phi) is 3.76. The van der Waals surface area contributed by atoms with E-state index < -0.39 is 12.5 Å². The van der Waals surface area contributed by atoms with Crippen molar-refractivity contribution in [3.8, 4) is 22.3 Å². The average Bonchev–Trinajstić information content (AvgIpc) is 3.45. The van der Waals surface area contributed by atoms with Crippen LogP contribution in [0.5, 0.6) is 0 Å². The molecule has 10 heteroatoms. The zero-order valence-electron chi connectivity index (χ0n) is 14.5. The number of fused-ring (bicyclic) bond motifs is 1. The molecule has 5 heterocycles. The van der Waals surface area contributed by atoms with Gasteiger partial charge in [0, 0.05) is 30.3 Å². The van der Waals surface area contributed by atoms with Crippen LogP contribution in [0.25, 0.3) is 27.9 Å². The van der Waals surface area contributed by atoms with Gasteiger partial charge in [0.1, 0.15) is 6.20 Å². The highest BCUT2D eigenvalue weighted by atomic mass is 32.1. The third kappa shape index (κ3) is 2.85. The second kappa shape index (κ2) is 6.20. The van der Waals surface area contributed by atoms with Crippen LogP contribution in [0, 0.1) is 0 Å². The van der Waals surface area contributed by atoms with Gasteiger partial charge in [-0.25, -0.2) is 13.9 Å². The van der Waals surface area contributed by atoms with Gasteiger partial charge in [-0.05, 0) is 16.4 Å². The number of rotatable bonds is 3. The van der Waals surface area contributed by atoms with Crippen LogP contribution < -0.4 is 4.52 Å². The highest BCUT2D eigenvalue weighted by Gasteiger charge is 2.40. The van der Waals surface area contributed by atoms with Crippen LogP contribution >= 0.6 is 11.3 Å². The fourth-order valence-electron chi connectivity index (χ4n) is 3.35. The number of halogens is 2. The Hall–Kier alpha value is -3.14. The van der Waals surface area contributed by atoms with Gasteiger partial charge in [-0.1, -0.05) is 0 Å². The largest absolute Gasteiger partial charge is 0.355 e. The van der Waals surface area contributed by atoms with E-state index in [0.29, 0.717) is 10.5 Å². The molecule has 5 rings (SSSR count). The normalized spacial score (nSPS) is 16.1. The predicted octanol–water partition coefficient (Wildman–Crippen LogP) is 2.75. The molecule has 4 aromatic rings. The van der Waals surface area contributed by atoms with E-state index in [1.807, 2.05) is 17.8 Å². The number of amides is 1. The molecule has 0 aromatic carbocycles. The first-order chi connectivity index (χ1) is 13.5. The molecule has 1 saturated heterocycles. The fourth-order valence-corrected chi connectivity index (χ4v) is 4.22. The quantitative estimate of drug-likeness (QED) is 0.518. The molecule has 7 nitrogen and oxygen atoms in total. The highest BCUT2D eigenvalue weighted by molar-refractivity contribution is 7.12. The fraction of sp³-hybridized carbons (Fsp3) is 0.222. The Morgan fingerprint density at radius 3 is 2.89 bits per heavy atom. The number of carbonyl (C=O) groups is 1. The molecule has 2 N–H and O–H groups in total. The molecule has 0 bridgehead atoms. The lowest BCUT2D eigenvalue weighted by molar-refractivity contribution is -0.578. The molecule has 1 aliphatic rings. The van der Waals surface area contributed by atoms with Crippen LogP contribution in [-0.2, 0) is 0 Å². The molecule has 1 aliphatic heterocycles. The molecule has 0 atom stereocenters. The lowest BCUT2D eigenvalue weighted by atomic mass is 10.1. The molecule has 1 fully saturated rings. The molecule has 142 valence electrons. The molecule has 0 aliphatic carbocycles. The summed E-state index contributed by atoms with van der Waals surface area (Å²) in [4.78, 5) is 18.7. The van der Waals surface area contributed by atoms with Crippen molar-refractivity contribution in [2.75, 3.05) is 13.1 Å². The number of H-pyrrole nitrogens is 2. The van der Waals surface area contributed by atoms with Crippen LogP contribution in [0.15, 0.2) is 42.4 Å². The summed E-state index contributed by atoms with van der Waals surface area (Å²) in [7, 11) is 0. The Bertz CT molecular complexity index is 1170. The maximum Gasteiger partial charge on any atom is 0.355 e. The Morgan fingerprint density at radius 2 is 2.14 bits per heavy atom. The summed E-state index contributed by atoms with van der Waals surface area (Å²) in [5, 5.41) is 11.7. The number of hydrogen-bond acceptors (Lipinski definition) is 4. The van der Waals surface area contributed by atoms with Gasteiger partial charge in [0.2, 0.25) is 0 Å². The van der Waals surface area contributed by atoms with Crippen molar-refractivity contribution in [1.82, 2.24) is 25.2 Å². The lowest BCUT2D eigenvalue weighted by Crippen LogP contribution is -2.30. The molecule has 0 radical (unpaired) electrons.